The van der Waals surface area contributed by atoms with E-state index in [1.165, 1.54) is 31.4 Å². The molecule has 0 bridgehead atoms. The van der Waals surface area contributed by atoms with Crippen LogP contribution in [0, 0.1) is 5.41 Å². The zero-order valence-corrected chi connectivity index (χ0v) is 37.9. The normalized spacial score (nSPS) is 23.6. The molecule has 2 saturated carbocycles. The predicted octanol–water partition coefficient (Wildman–Crippen LogP) is 4.81. The maximum Gasteiger partial charge on any atom is 0.260 e. The first-order valence-electron chi connectivity index (χ1n) is 24.2. The topological polar surface area (TPSA) is 170 Å². The molecule has 1 atom stereocenters. The number of fused-ring (bicyclic) bond motifs is 1. The summed E-state index contributed by atoms with van der Waals surface area (Å²) >= 11 is 0. The van der Waals surface area contributed by atoms with Crippen LogP contribution in [0.3, 0.4) is 0 Å². The Bertz CT molecular complexity index is 2590. The van der Waals surface area contributed by atoms with Gasteiger partial charge in [0, 0.05) is 81.2 Å². The van der Waals surface area contributed by atoms with Gasteiger partial charge in [0.05, 0.1) is 18.7 Å². The summed E-state index contributed by atoms with van der Waals surface area (Å²) < 4.78 is 7.92. The van der Waals surface area contributed by atoms with Crippen LogP contribution in [-0.4, -0.2) is 135 Å². The number of ether oxygens (including phenoxy) is 1. The lowest BCUT2D eigenvalue weighted by atomic mass is 9.59. The molecule has 348 valence electrons. The molecular weight excluding hydrogens is 847 g/mol. The van der Waals surface area contributed by atoms with Gasteiger partial charge in [0.2, 0.25) is 17.7 Å². The monoisotopic (exact) mass is 905 g/mol. The molecule has 11 rings (SSSR count). The van der Waals surface area contributed by atoms with Crippen molar-refractivity contribution in [2.45, 2.75) is 87.9 Å². The molecule has 6 fully saturated rings. The zero-order valence-electron chi connectivity index (χ0n) is 37.9. The first-order valence-corrected chi connectivity index (χ1v) is 24.2. The van der Waals surface area contributed by atoms with Crippen molar-refractivity contribution in [2.24, 2.45) is 5.41 Å². The van der Waals surface area contributed by atoms with Gasteiger partial charge < -0.3 is 29.7 Å². The summed E-state index contributed by atoms with van der Waals surface area (Å²) in [6, 6.07) is 27.2. The number of likely N-dealkylation sites (tertiary alicyclic amines) is 2. The van der Waals surface area contributed by atoms with Crippen LogP contribution in [0.1, 0.15) is 74.5 Å². The number of aromatic nitrogens is 4. The lowest BCUT2D eigenvalue weighted by Gasteiger charge is -2.58. The number of piperazine rings is 1. The predicted molar refractivity (Wildman–Crippen MR) is 253 cm³/mol. The smallest absolute Gasteiger partial charge is 0.260 e. The molecule has 6 aliphatic rings. The number of rotatable bonds is 13. The average molecular weight is 906 g/mol. The maximum absolute atomic E-state index is 12.9. The molecule has 5 aromatic rings. The van der Waals surface area contributed by atoms with Crippen molar-refractivity contribution in [3.05, 3.63) is 103 Å². The van der Waals surface area contributed by atoms with E-state index >= 15 is 0 Å². The fourth-order valence-electron chi connectivity index (χ4n) is 11.3. The summed E-state index contributed by atoms with van der Waals surface area (Å²) in [4.78, 5) is 72.8. The molecule has 1 spiro atoms. The van der Waals surface area contributed by atoms with E-state index in [9.17, 15) is 19.2 Å². The highest BCUT2D eigenvalue weighted by Gasteiger charge is 2.49. The zero-order chi connectivity index (χ0) is 45.5. The molecule has 0 unspecified atom stereocenters. The van der Waals surface area contributed by atoms with Crippen LogP contribution in [0.4, 0.5) is 17.2 Å². The molecule has 16 heteroatoms. The lowest BCUT2D eigenvalue weighted by Crippen LogP contribution is -2.65. The number of nitrogens with one attached hydrogen (secondary N) is 3. The molecule has 2 aliphatic carbocycles. The SMILES string of the molecule is O=C1CC[C@@H](c2ccc(OCC(=O)N3CC(N4CCC5(CC4)CC(N4CCN(c6ccc(Nc7ncnc8c7ncn8C7CC(NC(=O)Cc8ccccc8)C7)cc6)CC4)C5)C3)cc2)C(=O)N1. The quantitative estimate of drug-likeness (QED) is 0.138. The van der Waals surface area contributed by atoms with Gasteiger partial charge in [0.25, 0.3) is 5.91 Å². The van der Waals surface area contributed by atoms with Gasteiger partial charge >= 0.3 is 0 Å². The number of imide groups is 1. The van der Waals surface area contributed by atoms with Crippen molar-refractivity contribution in [2.75, 3.05) is 69.2 Å². The van der Waals surface area contributed by atoms with Gasteiger partial charge in [-0.1, -0.05) is 42.5 Å². The molecule has 3 aromatic carbocycles. The Morgan fingerprint density at radius 3 is 2.25 bits per heavy atom. The van der Waals surface area contributed by atoms with Crippen LogP contribution in [0.5, 0.6) is 5.75 Å². The van der Waals surface area contributed by atoms with Crippen LogP contribution in [0.25, 0.3) is 11.2 Å². The van der Waals surface area contributed by atoms with E-state index in [0.717, 1.165) is 93.2 Å². The Labute approximate surface area is 390 Å². The molecule has 4 aliphatic heterocycles. The number of nitrogens with zero attached hydrogens (tertiary/aromatic N) is 8. The minimum absolute atomic E-state index is 0.00101. The number of imidazole rings is 1. The molecular formula is C51H59N11O5. The molecule has 2 aromatic heterocycles. The summed E-state index contributed by atoms with van der Waals surface area (Å²) in [5.41, 5.74) is 6.05. The number of benzene rings is 3. The third-order valence-corrected chi connectivity index (χ3v) is 15.6. The number of anilines is 3. The minimum Gasteiger partial charge on any atom is -0.484 e. The molecule has 16 nitrogen and oxygen atoms in total. The van der Waals surface area contributed by atoms with Crippen LogP contribution in [0.15, 0.2) is 91.5 Å². The van der Waals surface area contributed by atoms with Crippen molar-refractivity contribution in [1.29, 1.82) is 0 Å². The summed E-state index contributed by atoms with van der Waals surface area (Å²) in [5, 5.41) is 9.07. The highest BCUT2D eigenvalue weighted by Crippen LogP contribution is 2.51. The van der Waals surface area contributed by atoms with Gasteiger partial charge in [-0.25, -0.2) is 15.0 Å². The van der Waals surface area contributed by atoms with E-state index in [1.807, 2.05) is 53.7 Å². The van der Waals surface area contributed by atoms with Gasteiger partial charge in [0.1, 0.15) is 12.1 Å². The van der Waals surface area contributed by atoms with Crippen LogP contribution < -0.4 is 25.6 Å². The number of piperidine rings is 2. The second kappa shape index (κ2) is 18.4. The molecule has 4 amide bonds. The first kappa shape index (κ1) is 43.2. The highest BCUT2D eigenvalue weighted by atomic mass is 16.5. The first-order chi connectivity index (χ1) is 32.7. The van der Waals surface area contributed by atoms with E-state index in [-0.39, 0.29) is 48.2 Å². The molecule has 6 heterocycles. The second-order valence-electron chi connectivity index (χ2n) is 19.7. The Hall–Kier alpha value is -6.39. The molecule has 0 radical (unpaired) electrons. The van der Waals surface area contributed by atoms with Crippen LogP contribution >= 0.6 is 0 Å². The van der Waals surface area contributed by atoms with Crippen molar-refractivity contribution in [3.8, 4) is 5.75 Å². The minimum atomic E-state index is -0.336. The van der Waals surface area contributed by atoms with Gasteiger partial charge in [0.15, 0.2) is 23.6 Å². The third-order valence-electron chi connectivity index (χ3n) is 15.6. The van der Waals surface area contributed by atoms with Crippen LogP contribution in [0.2, 0.25) is 0 Å². The van der Waals surface area contributed by atoms with Gasteiger partial charge in [-0.3, -0.25) is 34.3 Å². The van der Waals surface area contributed by atoms with Gasteiger partial charge in [-0.15, -0.1) is 0 Å². The highest BCUT2D eigenvalue weighted by molar-refractivity contribution is 6.01. The summed E-state index contributed by atoms with van der Waals surface area (Å²) in [6.45, 7) is 7.94. The maximum atomic E-state index is 12.9. The number of hydrogen-bond donors (Lipinski definition) is 3. The van der Waals surface area contributed by atoms with E-state index in [0.29, 0.717) is 48.3 Å². The summed E-state index contributed by atoms with van der Waals surface area (Å²) in [6.07, 6.45) is 11.4. The summed E-state index contributed by atoms with van der Waals surface area (Å²) in [5.74, 6) is 0.516. The molecule has 4 saturated heterocycles. The van der Waals surface area contributed by atoms with Crippen molar-refractivity contribution < 1.29 is 23.9 Å². The number of carbonyl (C=O) groups excluding carboxylic acids is 4. The van der Waals surface area contributed by atoms with Gasteiger partial charge in [-0.2, -0.15) is 0 Å². The largest absolute Gasteiger partial charge is 0.484 e. The number of carbonyl (C=O) groups is 4. The van der Waals surface area contributed by atoms with Gasteiger partial charge in [-0.05, 0) is 111 Å². The fraction of sp³-hybridized carbons (Fsp3) is 0.471. The average Bonchev–Trinajstić information content (AvgIpc) is 3.74. The number of hydrogen-bond acceptors (Lipinski definition) is 12. The van der Waals surface area contributed by atoms with E-state index in [4.69, 9.17) is 9.72 Å². The Kier molecular flexibility index (Phi) is 11.8. The second-order valence-corrected chi connectivity index (χ2v) is 19.7. The third kappa shape index (κ3) is 9.20. The number of amides is 4. The van der Waals surface area contributed by atoms with E-state index < -0.39 is 0 Å². The Morgan fingerprint density at radius 2 is 1.52 bits per heavy atom. The Balaban J connectivity index is 0.579. The molecule has 67 heavy (non-hydrogen) atoms. The molecule has 3 N–H and O–H groups in total. The Morgan fingerprint density at radius 1 is 0.791 bits per heavy atom. The van der Waals surface area contributed by atoms with E-state index in [1.54, 1.807) is 18.5 Å². The van der Waals surface area contributed by atoms with Crippen LogP contribution in [-0.2, 0) is 25.6 Å². The standard InChI is InChI=1S/C51H59N11O5/c63-44-15-14-43(50(66)57-44)35-6-12-42(13-7-35)67-31-46(65)61-29-41(30-61)58-18-16-51(17-19-58)27-40(28-51)60-22-20-59(21-23-60)38-10-8-36(9-11-38)56-48-47-49(53-32-52-48)62(33-54-47)39-25-37(26-39)55-45(64)24-34-4-2-1-3-5-34/h1-13,32-33,37,39-41,43H,14-31H2,(H,55,64)(H,52,53,56)(H,57,63,66)/t37?,39?,43-/m0/s1. The van der Waals surface area contributed by atoms with Crippen molar-refractivity contribution in [1.82, 2.24) is 44.9 Å². The lowest BCUT2D eigenvalue weighted by molar-refractivity contribution is -0.142. The van der Waals surface area contributed by atoms with Crippen molar-refractivity contribution in [3.63, 3.8) is 0 Å². The van der Waals surface area contributed by atoms with E-state index in [2.05, 4.69) is 69.5 Å². The fourth-order valence-corrected chi connectivity index (χ4v) is 11.3. The van der Waals surface area contributed by atoms with Crippen molar-refractivity contribution >= 4 is 52.0 Å². The summed E-state index contributed by atoms with van der Waals surface area (Å²) in [7, 11) is 0.